The molecule has 0 aliphatic heterocycles. The van der Waals surface area contributed by atoms with Crippen LogP contribution in [0, 0.1) is 13.8 Å². The highest BCUT2D eigenvalue weighted by molar-refractivity contribution is 7.16. The van der Waals surface area contributed by atoms with Gasteiger partial charge in [0, 0.05) is 15.8 Å². The van der Waals surface area contributed by atoms with Gasteiger partial charge in [-0.3, -0.25) is 4.79 Å². The lowest BCUT2D eigenvalue weighted by Gasteiger charge is -2.12. The number of ether oxygens (including phenoxy) is 1. The van der Waals surface area contributed by atoms with E-state index in [1.807, 2.05) is 75.4 Å². The molecule has 2 aromatic heterocycles. The second kappa shape index (κ2) is 8.93. The molecule has 1 amide bonds. The highest BCUT2D eigenvalue weighted by atomic mass is 32.1. The Morgan fingerprint density at radius 3 is 2.50 bits per heavy atom. The Balaban J connectivity index is 1.83. The fraction of sp³-hybridized carbons (Fsp3) is 0.192. The van der Waals surface area contributed by atoms with E-state index in [9.17, 15) is 9.59 Å². The van der Waals surface area contributed by atoms with Crippen LogP contribution in [0.1, 0.15) is 43.6 Å². The van der Waals surface area contributed by atoms with Crippen LogP contribution in [0.15, 0.2) is 54.6 Å². The molecule has 0 spiro atoms. The van der Waals surface area contributed by atoms with E-state index in [2.05, 4.69) is 5.32 Å². The van der Waals surface area contributed by atoms with E-state index in [1.54, 1.807) is 0 Å². The standard InChI is InChI=1S/C26H24N2O3S/c1-5-17-16(3)32-25(23(17)26(30)31-4)28-24(29)20-14-22(18-11-7-6-10-15(18)2)27-21-13-9-8-12-19(20)21/h6-14H,5H2,1-4H3,(H,28,29). The van der Waals surface area contributed by atoms with Crippen molar-refractivity contribution in [2.75, 3.05) is 12.4 Å². The Hall–Kier alpha value is -3.51. The van der Waals surface area contributed by atoms with E-state index in [0.717, 1.165) is 38.2 Å². The van der Waals surface area contributed by atoms with Crippen LogP contribution in [-0.2, 0) is 11.2 Å². The topological polar surface area (TPSA) is 68.3 Å². The first-order valence-electron chi connectivity index (χ1n) is 10.4. The van der Waals surface area contributed by atoms with Crippen molar-refractivity contribution in [1.82, 2.24) is 4.98 Å². The van der Waals surface area contributed by atoms with Crippen molar-refractivity contribution in [2.24, 2.45) is 0 Å². The summed E-state index contributed by atoms with van der Waals surface area (Å²) >= 11 is 1.39. The Kier molecular flexibility index (Phi) is 6.06. The smallest absolute Gasteiger partial charge is 0.341 e. The third-order valence-corrected chi connectivity index (χ3v) is 6.62. The second-order valence-electron chi connectivity index (χ2n) is 7.53. The fourth-order valence-corrected chi connectivity index (χ4v) is 5.07. The molecule has 162 valence electrons. The van der Waals surface area contributed by atoms with E-state index in [-0.39, 0.29) is 5.91 Å². The summed E-state index contributed by atoms with van der Waals surface area (Å²) in [6.45, 7) is 5.96. The van der Waals surface area contributed by atoms with Gasteiger partial charge in [0.05, 0.1) is 29.4 Å². The Bertz CT molecular complexity index is 1340. The monoisotopic (exact) mass is 444 g/mol. The van der Waals surface area contributed by atoms with Gasteiger partial charge in [0.15, 0.2) is 0 Å². The van der Waals surface area contributed by atoms with E-state index < -0.39 is 5.97 Å². The van der Waals surface area contributed by atoms with Crippen LogP contribution in [0.4, 0.5) is 5.00 Å². The Morgan fingerprint density at radius 1 is 1.06 bits per heavy atom. The van der Waals surface area contributed by atoms with Crippen LogP contribution < -0.4 is 5.32 Å². The summed E-state index contributed by atoms with van der Waals surface area (Å²) in [5, 5.41) is 4.24. The zero-order chi connectivity index (χ0) is 22.8. The molecule has 0 saturated heterocycles. The van der Waals surface area contributed by atoms with Crippen molar-refractivity contribution >= 4 is 39.1 Å². The number of aromatic nitrogens is 1. The third-order valence-electron chi connectivity index (χ3n) is 5.56. The maximum atomic E-state index is 13.5. The van der Waals surface area contributed by atoms with E-state index >= 15 is 0 Å². The van der Waals surface area contributed by atoms with Crippen LogP contribution >= 0.6 is 11.3 Å². The largest absolute Gasteiger partial charge is 0.465 e. The maximum Gasteiger partial charge on any atom is 0.341 e. The van der Waals surface area contributed by atoms with E-state index in [1.165, 1.54) is 18.4 Å². The van der Waals surface area contributed by atoms with Crippen molar-refractivity contribution in [2.45, 2.75) is 27.2 Å². The van der Waals surface area contributed by atoms with Crippen LogP contribution in [0.25, 0.3) is 22.2 Å². The first-order chi connectivity index (χ1) is 15.4. The molecule has 0 atom stereocenters. The van der Waals surface area contributed by atoms with Crippen molar-refractivity contribution < 1.29 is 14.3 Å². The van der Waals surface area contributed by atoms with Crippen LogP contribution in [0.2, 0.25) is 0 Å². The fourth-order valence-electron chi connectivity index (χ4n) is 3.94. The summed E-state index contributed by atoms with van der Waals surface area (Å²) in [6.07, 6.45) is 0.679. The first kappa shape index (κ1) is 21.7. The SMILES string of the molecule is CCc1c(C)sc(NC(=O)c2cc(-c3ccccc3C)nc3ccccc23)c1C(=O)OC. The van der Waals surface area contributed by atoms with E-state index in [0.29, 0.717) is 22.5 Å². The Morgan fingerprint density at radius 2 is 1.78 bits per heavy atom. The van der Waals surface area contributed by atoms with Crippen molar-refractivity contribution in [3.05, 3.63) is 81.7 Å². The maximum absolute atomic E-state index is 13.5. The normalized spacial score (nSPS) is 10.9. The molecule has 2 aromatic carbocycles. The van der Waals surface area contributed by atoms with Crippen LogP contribution in [0.3, 0.4) is 0 Å². The number of aryl methyl sites for hydroxylation is 2. The number of carbonyl (C=O) groups is 2. The Labute approximate surface area is 191 Å². The van der Waals surface area contributed by atoms with Gasteiger partial charge in [0.25, 0.3) is 5.91 Å². The zero-order valence-electron chi connectivity index (χ0n) is 18.5. The van der Waals surface area contributed by atoms with E-state index in [4.69, 9.17) is 9.72 Å². The highest BCUT2D eigenvalue weighted by Crippen LogP contribution is 2.35. The van der Waals surface area contributed by atoms with Gasteiger partial charge in [-0.2, -0.15) is 0 Å². The van der Waals surface area contributed by atoms with Crippen molar-refractivity contribution in [3.63, 3.8) is 0 Å². The molecule has 0 aliphatic rings. The number of hydrogen-bond acceptors (Lipinski definition) is 5. The quantitative estimate of drug-likeness (QED) is 0.373. The summed E-state index contributed by atoms with van der Waals surface area (Å²) in [4.78, 5) is 31.7. The van der Waals surface area contributed by atoms with Gasteiger partial charge in [-0.15, -0.1) is 11.3 Å². The summed E-state index contributed by atoms with van der Waals surface area (Å²) in [7, 11) is 1.35. The van der Waals surface area contributed by atoms with Crippen molar-refractivity contribution in [3.8, 4) is 11.3 Å². The molecule has 0 unspecified atom stereocenters. The molecule has 5 nitrogen and oxygen atoms in total. The number of anilines is 1. The van der Waals surface area contributed by atoms with Crippen molar-refractivity contribution in [1.29, 1.82) is 0 Å². The van der Waals surface area contributed by atoms with Gasteiger partial charge in [0.2, 0.25) is 0 Å². The molecule has 0 bridgehead atoms. The average molecular weight is 445 g/mol. The van der Waals surface area contributed by atoms with Gasteiger partial charge >= 0.3 is 5.97 Å². The summed E-state index contributed by atoms with van der Waals surface area (Å²) in [5.41, 5.74) is 5.37. The number of carbonyl (C=O) groups excluding carboxylic acids is 2. The molecule has 0 radical (unpaired) electrons. The summed E-state index contributed by atoms with van der Waals surface area (Å²) in [6, 6.07) is 17.4. The van der Waals surface area contributed by atoms with Gasteiger partial charge in [0.1, 0.15) is 5.00 Å². The lowest BCUT2D eigenvalue weighted by atomic mass is 10.0. The minimum Gasteiger partial charge on any atom is -0.465 e. The van der Waals surface area contributed by atoms with Gasteiger partial charge in [-0.25, -0.2) is 9.78 Å². The first-order valence-corrected chi connectivity index (χ1v) is 11.2. The number of benzene rings is 2. The molecule has 0 saturated carbocycles. The molecule has 0 aliphatic carbocycles. The number of amides is 1. The number of esters is 1. The number of rotatable bonds is 5. The minimum atomic E-state index is -0.443. The average Bonchev–Trinajstić information content (AvgIpc) is 3.12. The molecule has 2 heterocycles. The number of para-hydroxylation sites is 1. The molecule has 4 rings (SSSR count). The third kappa shape index (κ3) is 3.89. The molecular formula is C26H24N2O3S. The number of fused-ring (bicyclic) bond motifs is 1. The molecule has 1 N–H and O–H groups in total. The molecular weight excluding hydrogens is 420 g/mol. The zero-order valence-corrected chi connectivity index (χ0v) is 19.3. The number of nitrogens with one attached hydrogen (secondary N) is 1. The molecule has 4 aromatic rings. The van der Waals surface area contributed by atoms with Crippen LogP contribution in [-0.4, -0.2) is 24.0 Å². The molecule has 6 heteroatoms. The van der Waals surface area contributed by atoms with Gasteiger partial charge < -0.3 is 10.1 Å². The van der Waals surface area contributed by atoms with Crippen LogP contribution in [0.5, 0.6) is 0 Å². The second-order valence-corrected chi connectivity index (χ2v) is 8.75. The number of thiophene rings is 1. The summed E-state index contributed by atoms with van der Waals surface area (Å²) in [5.74, 6) is -0.728. The number of methoxy groups -OCH3 is 1. The number of nitrogens with zero attached hydrogens (tertiary/aromatic N) is 1. The molecule has 32 heavy (non-hydrogen) atoms. The lowest BCUT2D eigenvalue weighted by molar-refractivity contribution is 0.0601. The van der Waals surface area contributed by atoms with Gasteiger partial charge in [-0.05, 0) is 43.5 Å². The predicted molar refractivity (Wildman–Crippen MR) is 130 cm³/mol. The van der Waals surface area contributed by atoms with Gasteiger partial charge in [-0.1, -0.05) is 49.4 Å². The highest BCUT2D eigenvalue weighted by Gasteiger charge is 2.24. The number of pyridine rings is 1. The number of hydrogen-bond donors (Lipinski definition) is 1. The minimum absolute atomic E-state index is 0.285. The lowest BCUT2D eigenvalue weighted by Crippen LogP contribution is -2.15. The predicted octanol–water partition coefficient (Wildman–Crippen LogP) is 6.18. The molecule has 0 fully saturated rings. The summed E-state index contributed by atoms with van der Waals surface area (Å²) < 4.78 is 4.99.